The fraction of sp³-hybridized carbons (Fsp3) is 0.667. The van der Waals surface area contributed by atoms with Gasteiger partial charge in [0.25, 0.3) is 0 Å². The first-order valence-corrected chi connectivity index (χ1v) is 3.53. The molecule has 0 aliphatic heterocycles. The predicted molar refractivity (Wildman–Crippen MR) is 39.2 cm³/mol. The molecular weight excluding hydrogens is 168 g/mol. The van der Waals surface area contributed by atoms with Crippen molar-refractivity contribution in [2.24, 2.45) is 0 Å². The number of aliphatic hydroxyl groups is 1. The van der Waals surface area contributed by atoms with Crippen LogP contribution >= 0.6 is 15.9 Å². The molecule has 2 heteroatoms. The first kappa shape index (κ1) is 8.18. The van der Waals surface area contributed by atoms with Gasteiger partial charge in [-0.25, -0.2) is 0 Å². The van der Waals surface area contributed by atoms with Crippen molar-refractivity contribution >= 4 is 15.9 Å². The molecule has 1 nitrogen and oxygen atoms in total. The Morgan fingerprint density at radius 1 is 1.88 bits per heavy atom. The SMILES string of the molecule is C=CCC(O)C(C)Br. The van der Waals surface area contributed by atoms with E-state index in [9.17, 15) is 0 Å². The molecule has 48 valence electrons. The predicted octanol–water partition coefficient (Wildman–Crippen LogP) is 1.71. The van der Waals surface area contributed by atoms with Gasteiger partial charge in [0.15, 0.2) is 0 Å². The minimum absolute atomic E-state index is 0.167. The van der Waals surface area contributed by atoms with E-state index >= 15 is 0 Å². The van der Waals surface area contributed by atoms with Crippen molar-refractivity contribution < 1.29 is 5.11 Å². The van der Waals surface area contributed by atoms with Crippen LogP contribution in [-0.2, 0) is 0 Å². The van der Waals surface area contributed by atoms with Crippen LogP contribution in [0.2, 0.25) is 0 Å². The Bertz CT molecular complexity index is 70.9. The molecule has 0 aliphatic rings. The Kier molecular flexibility index (Phi) is 4.19. The third kappa shape index (κ3) is 3.22. The number of rotatable bonds is 3. The highest BCUT2D eigenvalue weighted by atomic mass is 79.9. The molecule has 0 heterocycles. The molecule has 0 rings (SSSR count). The Labute approximate surface area is 58.5 Å². The van der Waals surface area contributed by atoms with Gasteiger partial charge >= 0.3 is 0 Å². The Morgan fingerprint density at radius 2 is 2.38 bits per heavy atom. The smallest absolute Gasteiger partial charge is 0.0696 e. The van der Waals surface area contributed by atoms with Gasteiger partial charge < -0.3 is 5.11 Å². The summed E-state index contributed by atoms with van der Waals surface area (Å²) in [7, 11) is 0. The van der Waals surface area contributed by atoms with E-state index in [-0.39, 0.29) is 10.9 Å². The van der Waals surface area contributed by atoms with Crippen LogP contribution in [0.4, 0.5) is 0 Å². The molecule has 0 aliphatic carbocycles. The van der Waals surface area contributed by atoms with Gasteiger partial charge in [-0.2, -0.15) is 0 Å². The Balaban J connectivity index is 3.30. The van der Waals surface area contributed by atoms with Crippen LogP contribution in [0, 0.1) is 0 Å². The van der Waals surface area contributed by atoms with Crippen molar-refractivity contribution in [3.05, 3.63) is 12.7 Å². The summed E-state index contributed by atoms with van der Waals surface area (Å²) in [6.07, 6.45) is 2.09. The highest BCUT2D eigenvalue weighted by Crippen LogP contribution is 2.07. The summed E-state index contributed by atoms with van der Waals surface area (Å²) in [5, 5.41) is 9.01. The van der Waals surface area contributed by atoms with Gasteiger partial charge in [-0.15, -0.1) is 6.58 Å². The van der Waals surface area contributed by atoms with E-state index in [2.05, 4.69) is 22.5 Å². The second kappa shape index (κ2) is 4.10. The van der Waals surface area contributed by atoms with Crippen molar-refractivity contribution in [1.29, 1.82) is 0 Å². The van der Waals surface area contributed by atoms with Crippen LogP contribution in [0.5, 0.6) is 0 Å². The summed E-state index contributed by atoms with van der Waals surface area (Å²) >= 11 is 3.24. The van der Waals surface area contributed by atoms with Crippen LogP contribution in [0.3, 0.4) is 0 Å². The van der Waals surface area contributed by atoms with E-state index in [0.717, 1.165) is 0 Å². The zero-order chi connectivity index (χ0) is 6.57. The molecule has 0 saturated carbocycles. The first-order chi connectivity index (χ1) is 3.68. The lowest BCUT2D eigenvalue weighted by molar-refractivity contribution is 0.181. The van der Waals surface area contributed by atoms with Crippen LogP contribution in [0.15, 0.2) is 12.7 Å². The third-order valence-corrected chi connectivity index (χ3v) is 1.55. The second-order valence-electron chi connectivity index (χ2n) is 1.77. The van der Waals surface area contributed by atoms with Gasteiger partial charge in [0.05, 0.1) is 6.10 Å². The summed E-state index contributed by atoms with van der Waals surface area (Å²) in [5.41, 5.74) is 0. The monoisotopic (exact) mass is 178 g/mol. The Morgan fingerprint density at radius 3 is 2.50 bits per heavy atom. The molecule has 0 fully saturated rings. The van der Waals surface area contributed by atoms with E-state index in [4.69, 9.17) is 5.11 Å². The molecule has 2 unspecified atom stereocenters. The molecule has 1 N–H and O–H groups in total. The van der Waals surface area contributed by atoms with Gasteiger partial charge in [0.1, 0.15) is 0 Å². The summed E-state index contributed by atoms with van der Waals surface area (Å²) in [4.78, 5) is 0.167. The minimum atomic E-state index is -0.285. The summed E-state index contributed by atoms with van der Waals surface area (Å²) in [5.74, 6) is 0. The fourth-order valence-corrected chi connectivity index (χ4v) is 0.574. The molecule has 0 saturated heterocycles. The number of alkyl halides is 1. The van der Waals surface area contributed by atoms with E-state index in [1.807, 2.05) is 6.92 Å². The van der Waals surface area contributed by atoms with Crippen LogP contribution in [0.25, 0.3) is 0 Å². The van der Waals surface area contributed by atoms with Gasteiger partial charge in [-0.1, -0.05) is 28.9 Å². The van der Waals surface area contributed by atoms with Gasteiger partial charge in [0.2, 0.25) is 0 Å². The molecule has 0 aromatic heterocycles. The van der Waals surface area contributed by atoms with Gasteiger partial charge in [-0.05, 0) is 6.42 Å². The lowest BCUT2D eigenvalue weighted by atomic mass is 10.2. The average molecular weight is 179 g/mol. The van der Waals surface area contributed by atoms with E-state index in [1.54, 1.807) is 6.08 Å². The highest BCUT2D eigenvalue weighted by molar-refractivity contribution is 9.09. The number of hydrogen-bond acceptors (Lipinski definition) is 1. The molecule has 0 amide bonds. The molecule has 8 heavy (non-hydrogen) atoms. The van der Waals surface area contributed by atoms with Crippen LogP contribution in [0.1, 0.15) is 13.3 Å². The minimum Gasteiger partial charge on any atom is -0.392 e. The quantitative estimate of drug-likeness (QED) is 0.516. The lowest BCUT2D eigenvalue weighted by Crippen LogP contribution is -2.15. The largest absolute Gasteiger partial charge is 0.392 e. The van der Waals surface area contributed by atoms with Crippen molar-refractivity contribution in [2.75, 3.05) is 0 Å². The van der Waals surface area contributed by atoms with Crippen LogP contribution in [-0.4, -0.2) is 16.0 Å². The zero-order valence-corrected chi connectivity index (χ0v) is 6.56. The maximum atomic E-state index is 9.01. The third-order valence-electron chi connectivity index (χ3n) is 0.938. The van der Waals surface area contributed by atoms with Gasteiger partial charge in [0, 0.05) is 4.83 Å². The van der Waals surface area contributed by atoms with Crippen LogP contribution < -0.4 is 0 Å². The van der Waals surface area contributed by atoms with Gasteiger partial charge in [-0.3, -0.25) is 0 Å². The maximum absolute atomic E-state index is 9.01. The average Bonchev–Trinajstić information content (AvgIpc) is 1.67. The Hall–Kier alpha value is 0.180. The summed E-state index contributed by atoms with van der Waals surface area (Å²) < 4.78 is 0. The molecule has 0 spiro atoms. The standard InChI is InChI=1S/C6H11BrO/c1-3-4-6(8)5(2)7/h3,5-6,8H,1,4H2,2H3. The van der Waals surface area contributed by atoms with E-state index < -0.39 is 0 Å². The maximum Gasteiger partial charge on any atom is 0.0696 e. The zero-order valence-electron chi connectivity index (χ0n) is 4.97. The fourth-order valence-electron chi connectivity index (χ4n) is 0.358. The van der Waals surface area contributed by atoms with Crippen molar-refractivity contribution in [2.45, 2.75) is 24.3 Å². The van der Waals surface area contributed by atoms with E-state index in [1.165, 1.54) is 0 Å². The van der Waals surface area contributed by atoms with Crippen molar-refractivity contribution in [1.82, 2.24) is 0 Å². The summed E-state index contributed by atoms with van der Waals surface area (Å²) in [6.45, 7) is 5.41. The first-order valence-electron chi connectivity index (χ1n) is 2.61. The lowest BCUT2D eigenvalue weighted by Gasteiger charge is -2.08. The molecule has 0 radical (unpaired) electrons. The van der Waals surface area contributed by atoms with E-state index in [0.29, 0.717) is 6.42 Å². The molecule has 0 aromatic carbocycles. The molecule has 0 aromatic rings. The molecule has 0 bridgehead atoms. The number of hydrogen-bond donors (Lipinski definition) is 1. The highest BCUT2D eigenvalue weighted by Gasteiger charge is 2.06. The number of halogens is 1. The van der Waals surface area contributed by atoms with Crippen molar-refractivity contribution in [3.8, 4) is 0 Å². The topological polar surface area (TPSA) is 20.2 Å². The van der Waals surface area contributed by atoms with Crippen molar-refractivity contribution in [3.63, 3.8) is 0 Å². The molecular formula is C6H11BrO. The summed E-state index contributed by atoms with van der Waals surface area (Å²) in [6, 6.07) is 0. The molecule has 2 atom stereocenters. The normalized spacial score (nSPS) is 17.4. The number of aliphatic hydroxyl groups excluding tert-OH is 1. The second-order valence-corrected chi connectivity index (χ2v) is 3.21.